The Labute approximate surface area is 129 Å². The van der Waals surface area contributed by atoms with E-state index in [-0.39, 0.29) is 0 Å². The lowest BCUT2D eigenvalue weighted by molar-refractivity contribution is 0.107. The maximum Gasteiger partial charge on any atom is 0.129 e. The molecule has 0 radical (unpaired) electrons. The quantitative estimate of drug-likeness (QED) is 0.477. The lowest BCUT2D eigenvalue weighted by Gasteiger charge is -2.08. The number of hydrogen-bond acceptors (Lipinski definition) is 3. The molecule has 1 rings (SSSR count). The summed E-state index contributed by atoms with van der Waals surface area (Å²) in [5, 5.41) is 9.77. The van der Waals surface area contributed by atoms with E-state index in [2.05, 4.69) is 31.1 Å². The maximum absolute atomic E-state index is 9.77. The van der Waals surface area contributed by atoms with Gasteiger partial charge in [0.2, 0.25) is 0 Å². The van der Waals surface area contributed by atoms with E-state index in [9.17, 15) is 5.11 Å². The Bertz CT molecular complexity index is 466. The van der Waals surface area contributed by atoms with Gasteiger partial charge in [-0.25, -0.2) is 0 Å². The van der Waals surface area contributed by atoms with Crippen molar-refractivity contribution in [1.29, 1.82) is 0 Å². The molecule has 0 spiro atoms. The predicted octanol–water partition coefficient (Wildman–Crippen LogP) is 3.23. The lowest BCUT2D eigenvalue weighted by atomic mass is 10.2. The molecule has 0 saturated heterocycles. The highest BCUT2D eigenvalue weighted by Crippen LogP contribution is 2.12. The van der Waals surface area contributed by atoms with Gasteiger partial charge in [-0.05, 0) is 30.5 Å². The Morgan fingerprint density at radius 3 is 2.43 bits per heavy atom. The fourth-order valence-corrected chi connectivity index (χ4v) is 2.26. The van der Waals surface area contributed by atoms with Crippen molar-refractivity contribution in [3.63, 3.8) is 0 Å². The minimum atomic E-state index is -1.39. The summed E-state index contributed by atoms with van der Waals surface area (Å²) >= 11 is 0. The molecule has 1 atom stereocenters. The van der Waals surface area contributed by atoms with Crippen molar-refractivity contribution in [3.05, 3.63) is 29.8 Å². The topological polar surface area (TPSA) is 38.7 Å². The van der Waals surface area contributed by atoms with E-state index in [4.69, 9.17) is 9.47 Å². The zero-order valence-corrected chi connectivity index (χ0v) is 14.5. The molecule has 0 aliphatic heterocycles. The number of aliphatic hydroxyl groups excluding tert-OH is 1. The molecule has 4 heteroatoms. The second-order valence-corrected chi connectivity index (χ2v) is 10.8. The minimum absolute atomic E-state index is 0.527. The third-order valence-electron chi connectivity index (χ3n) is 2.81. The highest BCUT2D eigenvalue weighted by Gasteiger charge is 2.08. The van der Waals surface area contributed by atoms with Crippen LogP contribution in [0.25, 0.3) is 0 Å². The summed E-state index contributed by atoms with van der Waals surface area (Å²) in [7, 11) is 0.266. The first-order valence-corrected chi connectivity index (χ1v) is 10.8. The first-order chi connectivity index (χ1) is 9.90. The molecule has 1 aromatic rings. The molecule has 1 aromatic carbocycles. The zero-order chi connectivity index (χ0) is 15.7. The van der Waals surface area contributed by atoms with Gasteiger partial charge < -0.3 is 14.6 Å². The van der Waals surface area contributed by atoms with Crippen molar-refractivity contribution in [2.24, 2.45) is 0 Å². The van der Waals surface area contributed by atoms with Gasteiger partial charge in [0.05, 0.1) is 13.7 Å². The molecule has 0 saturated carbocycles. The Kier molecular flexibility index (Phi) is 7.52. The van der Waals surface area contributed by atoms with Crippen molar-refractivity contribution in [2.45, 2.75) is 45.2 Å². The molecule has 0 aliphatic carbocycles. The van der Waals surface area contributed by atoms with E-state index in [0.717, 1.165) is 17.7 Å². The van der Waals surface area contributed by atoms with Crippen LogP contribution in [0.1, 0.15) is 18.4 Å². The van der Waals surface area contributed by atoms with Crippen LogP contribution in [0.15, 0.2) is 24.3 Å². The average Bonchev–Trinajstić information content (AvgIpc) is 2.44. The molecule has 0 aliphatic rings. The number of rotatable bonds is 7. The summed E-state index contributed by atoms with van der Waals surface area (Å²) in [6, 6.07) is 7.84. The van der Waals surface area contributed by atoms with Crippen molar-refractivity contribution in [2.75, 3.05) is 13.7 Å². The summed E-state index contributed by atoms with van der Waals surface area (Å²) in [6.07, 6.45) is 0.957. The van der Waals surface area contributed by atoms with Crippen LogP contribution < -0.4 is 4.74 Å². The number of methoxy groups -OCH3 is 1. The van der Waals surface area contributed by atoms with Crippen molar-refractivity contribution >= 4 is 8.07 Å². The van der Waals surface area contributed by atoms with Gasteiger partial charge in [-0.3, -0.25) is 0 Å². The molecule has 0 amide bonds. The second kappa shape index (κ2) is 8.88. The molecule has 3 nitrogen and oxygen atoms in total. The minimum Gasteiger partial charge on any atom is -0.497 e. The third kappa shape index (κ3) is 8.56. The standard InChI is InChI=1S/C17H26O3Si/c1-19-17-9-7-15(8-10-17)14-20-12-5-6-16(18)11-13-21(2,3)4/h7-10,16,18H,5-6,12,14H2,1-4H3. The van der Waals surface area contributed by atoms with Gasteiger partial charge in [0, 0.05) is 6.61 Å². The smallest absolute Gasteiger partial charge is 0.129 e. The monoisotopic (exact) mass is 306 g/mol. The molecule has 0 fully saturated rings. The van der Waals surface area contributed by atoms with E-state index >= 15 is 0 Å². The van der Waals surface area contributed by atoms with Crippen molar-refractivity contribution in [3.8, 4) is 17.2 Å². The molecule has 116 valence electrons. The lowest BCUT2D eigenvalue weighted by Crippen LogP contribution is -2.18. The summed E-state index contributed by atoms with van der Waals surface area (Å²) in [6.45, 7) is 7.73. The van der Waals surface area contributed by atoms with Crippen LogP contribution in [-0.2, 0) is 11.3 Å². The number of benzene rings is 1. The molecule has 0 heterocycles. The van der Waals surface area contributed by atoms with E-state index < -0.39 is 14.2 Å². The first kappa shape index (κ1) is 17.8. The summed E-state index contributed by atoms with van der Waals surface area (Å²) < 4.78 is 10.7. The van der Waals surface area contributed by atoms with Crippen LogP contribution in [0.4, 0.5) is 0 Å². The number of hydrogen-bond donors (Lipinski definition) is 1. The van der Waals surface area contributed by atoms with Crippen molar-refractivity contribution in [1.82, 2.24) is 0 Å². The molecule has 1 N–H and O–H groups in total. The Morgan fingerprint density at radius 1 is 1.19 bits per heavy atom. The highest BCUT2D eigenvalue weighted by atomic mass is 28.3. The Hall–Kier alpha value is -1.28. The van der Waals surface area contributed by atoms with Crippen LogP contribution in [0, 0.1) is 11.5 Å². The molecule has 0 aromatic heterocycles. The largest absolute Gasteiger partial charge is 0.497 e. The summed E-state index contributed by atoms with van der Waals surface area (Å²) in [5.41, 5.74) is 4.31. The van der Waals surface area contributed by atoms with Crippen LogP contribution in [0.2, 0.25) is 19.6 Å². The second-order valence-electron chi connectivity index (χ2n) is 6.08. The number of aliphatic hydroxyl groups is 1. The van der Waals surface area contributed by atoms with Crippen LogP contribution in [-0.4, -0.2) is 33.0 Å². The molecular formula is C17H26O3Si. The molecule has 0 bridgehead atoms. The molecular weight excluding hydrogens is 280 g/mol. The Morgan fingerprint density at radius 2 is 1.86 bits per heavy atom. The number of ether oxygens (including phenoxy) is 2. The van der Waals surface area contributed by atoms with E-state index in [1.54, 1.807) is 7.11 Å². The summed E-state index contributed by atoms with van der Waals surface area (Å²) in [5.74, 6) is 3.79. The van der Waals surface area contributed by atoms with Crippen LogP contribution >= 0.6 is 0 Å². The van der Waals surface area contributed by atoms with Gasteiger partial charge in [-0.15, -0.1) is 5.54 Å². The first-order valence-electron chi connectivity index (χ1n) is 7.32. The van der Waals surface area contributed by atoms with E-state index in [1.807, 2.05) is 24.3 Å². The average molecular weight is 306 g/mol. The van der Waals surface area contributed by atoms with Gasteiger partial charge in [-0.2, -0.15) is 0 Å². The van der Waals surface area contributed by atoms with Crippen molar-refractivity contribution < 1.29 is 14.6 Å². The van der Waals surface area contributed by atoms with Gasteiger partial charge >= 0.3 is 0 Å². The fourth-order valence-electron chi connectivity index (χ4n) is 1.66. The van der Waals surface area contributed by atoms with Gasteiger partial charge in [0.1, 0.15) is 19.9 Å². The van der Waals surface area contributed by atoms with E-state index in [0.29, 0.717) is 19.6 Å². The normalized spacial score (nSPS) is 12.4. The van der Waals surface area contributed by atoms with Crippen LogP contribution in [0.3, 0.4) is 0 Å². The molecule has 21 heavy (non-hydrogen) atoms. The SMILES string of the molecule is COc1ccc(COCCCC(O)C#C[Si](C)(C)C)cc1. The highest BCUT2D eigenvalue weighted by molar-refractivity contribution is 6.83. The van der Waals surface area contributed by atoms with Gasteiger partial charge in [0.25, 0.3) is 0 Å². The third-order valence-corrected chi connectivity index (χ3v) is 3.70. The molecule has 1 unspecified atom stereocenters. The summed E-state index contributed by atoms with van der Waals surface area (Å²) in [4.78, 5) is 0. The fraction of sp³-hybridized carbons (Fsp3) is 0.529. The zero-order valence-electron chi connectivity index (χ0n) is 13.5. The van der Waals surface area contributed by atoms with Gasteiger partial charge in [0.15, 0.2) is 0 Å². The Balaban J connectivity index is 2.17. The predicted molar refractivity (Wildman–Crippen MR) is 89.0 cm³/mol. The van der Waals surface area contributed by atoms with Crippen LogP contribution in [0.5, 0.6) is 5.75 Å². The maximum atomic E-state index is 9.77. The van der Waals surface area contributed by atoms with E-state index in [1.165, 1.54) is 0 Å². The van der Waals surface area contributed by atoms with Gasteiger partial charge in [-0.1, -0.05) is 37.7 Å².